The lowest BCUT2D eigenvalue weighted by molar-refractivity contribution is 0.0458. The Kier molecular flexibility index (Phi) is 4.57. The van der Waals surface area contributed by atoms with Crippen LogP contribution in [0.5, 0.6) is 0 Å². The van der Waals surface area contributed by atoms with Crippen molar-refractivity contribution in [2.75, 3.05) is 26.2 Å². The average Bonchev–Trinajstić information content (AvgIpc) is 2.91. The molecule has 3 rings (SSSR count). The Morgan fingerprint density at radius 3 is 3.05 bits per heavy atom. The van der Waals surface area contributed by atoms with E-state index in [1.165, 1.54) is 31.5 Å². The lowest BCUT2D eigenvalue weighted by Gasteiger charge is -2.42. The molecule has 3 atom stereocenters. The fourth-order valence-corrected chi connectivity index (χ4v) is 3.73. The van der Waals surface area contributed by atoms with Crippen LogP contribution in [0, 0.1) is 5.82 Å². The molecule has 2 aliphatic rings. The maximum absolute atomic E-state index is 13.2. The molecular formula is C17H25FN2O. The highest BCUT2D eigenvalue weighted by Crippen LogP contribution is 2.26. The van der Waals surface area contributed by atoms with E-state index in [0.29, 0.717) is 24.1 Å². The van der Waals surface area contributed by atoms with Crippen molar-refractivity contribution in [2.24, 2.45) is 0 Å². The topological polar surface area (TPSA) is 26.7 Å². The van der Waals surface area contributed by atoms with Crippen LogP contribution in [0.3, 0.4) is 0 Å². The smallest absolute Gasteiger partial charge is 0.123 e. The van der Waals surface area contributed by atoms with Gasteiger partial charge in [-0.15, -0.1) is 0 Å². The Morgan fingerprint density at radius 1 is 1.38 bits per heavy atom. The Labute approximate surface area is 126 Å². The maximum atomic E-state index is 13.2. The van der Waals surface area contributed by atoms with Crippen LogP contribution < -0.4 is 0 Å². The molecule has 0 aliphatic carbocycles. The molecule has 0 radical (unpaired) electrons. The zero-order valence-electron chi connectivity index (χ0n) is 12.7. The summed E-state index contributed by atoms with van der Waals surface area (Å²) in [5.74, 6) is -0.278. The SMILES string of the molecule is CC1CN2CCCC2CN1CCC(O)c1cccc(F)c1. The second-order valence-corrected chi connectivity index (χ2v) is 6.49. The number of nitrogens with zero attached hydrogens (tertiary/aromatic N) is 2. The number of piperazine rings is 1. The third-order valence-electron chi connectivity index (χ3n) is 4.99. The molecule has 1 aromatic carbocycles. The number of halogens is 1. The van der Waals surface area contributed by atoms with Crippen LogP contribution in [0.4, 0.5) is 4.39 Å². The molecule has 0 saturated carbocycles. The van der Waals surface area contributed by atoms with E-state index in [2.05, 4.69) is 16.7 Å². The van der Waals surface area contributed by atoms with Gasteiger partial charge in [-0.05, 0) is 50.4 Å². The molecule has 3 nitrogen and oxygen atoms in total. The highest BCUT2D eigenvalue weighted by Gasteiger charge is 2.34. The molecule has 2 saturated heterocycles. The number of benzene rings is 1. The molecular weight excluding hydrogens is 267 g/mol. The van der Waals surface area contributed by atoms with Gasteiger partial charge in [-0.2, -0.15) is 0 Å². The van der Waals surface area contributed by atoms with Crippen LogP contribution in [-0.2, 0) is 0 Å². The summed E-state index contributed by atoms with van der Waals surface area (Å²) in [4.78, 5) is 5.08. The van der Waals surface area contributed by atoms with Gasteiger partial charge in [0.2, 0.25) is 0 Å². The first kappa shape index (κ1) is 14.9. The van der Waals surface area contributed by atoms with Crippen molar-refractivity contribution in [3.8, 4) is 0 Å². The van der Waals surface area contributed by atoms with Gasteiger partial charge in [0.1, 0.15) is 5.82 Å². The molecule has 0 aromatic heterocycles. The van der Waals surface area contributed by atoms with E-state index >= 15 is 0 Å². The Morgan fingerprint density at radius 2 is 2.24 bits per heavy atom. The van der Waals surface area contributed by atoms with Crippen LogP contribution in [-0.4, -0.2) is 53.2 Å². The van der Waals surface area contributed by atoms with Gasteiger partial charge in [-0.3, -0.25) is 9.80 Å². The highest BCUT2D eigenvalue weighted by molar-refractivity contribution is 5.18. The first-order valence-electron chi connectivity index (χ1n) is 8.05. The molecule has 4 heteroatoms. The van der Waals surface area contributed by atoms with E-state index in [1.54, 1.807) is 12.1 Å². The van der Waals surface area contributed by atoms with Gasteiger partial charge >= 0.3 is 0 Å². The monoisotopic (exact) mass is 292 g/mol. The average molecular weight is 292 g/mol. The van der Waals surface area contributed by atoms with Gasteiger partial charge in [0.25, 0.3) is 0 Å². The van der Waals surface area contributed by atoms with Crippen molar-refractivity contribution >= 4 is 0 Å². The summed E-state index contributed by atoms with van der Waals surface area (Å²) in [6, 6.07) is 7.55. The van der Waals surface area contributed by atoms with Gasteiger partial charge in [0.15, 0.2) is 0 Å². The third kappa shape index (κ3) is 3.44. The van der Waals surface area contributed by atoms with Gasteiger partial charge in [-0.25, -0.2) is 4.39 Å². The predicted octanol–water partition coefficient (Wildman–Crippen LogP) is 2.42. The summed E-state index contributed by atoms with van der Waals surface area (Å²) in [5.41, 5.74) is 0.683. The number of hydrogen-bond acceptors (Lipinski definition) is 3. The molecule has 0 amide bonds. The highest BCUT2D eigenvalue weighted by atomic mass is 19.1. The summed E-state index contributed by atoms with van der Waals surface area (Å²) in [6.45, 7) is 6.64. The standard InChI is InChI=1S/C17H25FN2O/c1-13-11-20-8-3-6-16(20)12-19(13)9-7-17(21)14-4-2-5-15(18)10-14/h2,4-5,10,13,16-17,21H,3,6-9,11-12H2,1H3. The van der Waals surface area contributed by atoms with Crippen molar-refractivity contribution < 1.29 is 9.50 Å². The molecule has 1 N–H and O–H groups in total. The molecule has 2 aliphatic heterocycles. The summed E-state index contributed by atoms with van der Waals surface area (Å²) in [5, 5.41) is 10.2. The van der Waals surface area contributed by atoms with Crippen LogP contribution in [0.2, 0.25) is 0 Å². The first-order valence-corrected chi connectivity index (χ1v) is 8.05. The molecule has 0 bridgehead atoms. The Balaban J connectivity index is 1.54. The van der Waals surface area contributed by atoms with Gasteiger partial charge in [-0.1, -0.05) is 12.1 Å². The Bertz CT molecular complexity index is 482. The van der Waals surface area contributed by atoms with Crippen molar-refractivity contribution in [3.63, 3.8) is 0 Å². The number of aliphatic hydroxyl groups excluding tert-OH is 1. The molecule has 116 valence electrons. The summed E-state index contributed by atoms with van der Waals surface area (Å²) >= 11 is 0. The zero-order chi connectivity index (χ0) is 14.8. The number of fused-ring (bicyclic) bond motifs is 1. The van der Waals surface area contributed by atoms with E-state index < -0.39 is 6.10 Å². The molecule has 2 fully saturated rings. The van der Waals surface area contributed by atoms with Crippen LogP contribution >= 0.6 is 0 Å². The molecule has 3 unspecified atom stereocenters. The number of rotatable bonds is 4. The van der Waals surface area contributed by atoms with Gasteiger partial charge < -0.3 is 5.11 Å². The van der Waals surface area contributed by atoms with Crippen molar-refractivity contribution in [1.29, 1.82) is 0 Å². The van der Waals surface area contributed by atoms with Crippen LogP contribution in [0.15, 0.2) is 24.3 Å². The first-order chi connectivity index (χ1) is 10.1. The lowest BCUT2D eigenvalue weighted by Crippen LogP contribution is -2.55. The molecule has 21 heavy (non-hydrogen) atoms. The zero-order valence-corrected chi connectivity index (χ0v) is 12.7. The molecule has 2 heterocycles. The molecule has 0 spiro atoms. The third-order valence-corrected chi connectivity index (χ3v) is 4.99. The largest absolute Gasteiger partial charge is 0.388 e. The predicted molar refractivity (Wildman–Crippen MR) is 81.6 cm³/mol. The fraction of sp³-hybridized carbons (Fsp3) is 0.647. The van der Waals surface area contributed by atoms with Crippen molar-refractivity contribution in [3.05, 3.63) is 35.6 Å². The fourth-order valence-electron chi connectivity index (χ4n) is 3.73. The Hall–Kier alpha value is -0.970. The van der Waals surface area contributed by atoms with E-state index in [0.717, 1.165) is 19.6 Å². The summed E-state index contributed by atoms with van der Waals surface area (Å²) in [6.07, 6.45) is 2.71. The number of aliphatic hydroxyl groups is 1. The quantitative estimate of drug-likeness (QED) is 0.923. The summed E-state index contributed by atoms with van der Waals surface area (Å²) < 4.78 is 13.2. The minimum atomic E-state index is -0.575. The second-order valence-electron chi connectivity index (χ2n) is 6.49. The van der Waals surface area contributed by atoms with E-state index in [9.17, 15) is 9.50 Å². The lowest BCUT2D eigenvalue weighted by atomic mass is 10.0. The summed E-state index contributed by atoms with van der Waals surface area (Å²) in [7, 11) is 0. The minimum Gasteiger partial charge on any atom is -0.388 e. The van der Waals surface area contributed by atoms with Crippen LogP contribution in [0.25, 0.3) is 0 Å². The van der Waals surface area contributed by atoms with E-state index in [1.807, 2.05) is 0 Å². The van der Waals surface area contributed by atoms with Crippen molar-refractivity contribution in [1.82, 2.24) is 9.80 Å². The van der Waals surface area contributed by atoms with Gasteiger partial charge in [0, 0.05) is 31.7 Å². The van der Waals surface area contributed by atoms with Crippen LogP contribution in [0.1, 0.15) is 37.9 Å². The minimum absolute atomic E-state index is 0.278. The molecule has 1 aromatic rings. The number of hydrogen-bond donors (Lipinski definition) is 1. The maximum Gasteiger partial charge on any atom is 0.123 e. The van der Waals surface area contributed by atoms with Crippen molar-refractivity contribution in [2.45, 2.75) is 44.4 Å². The van der Waals surface area contributed by atoms with Gasteiger partial charge in [0.05, 0.1) is 6.10 Å². The second kappa shape index (κ2) is 6.42. The van der Waals surface area contributed by atoms with E-state index in [4.69, 9.17) is 0 Å². The normalized spacial score (nSPS) is 28.5. The van der Waals surface area contributed by atoms with E-state index in [-0.39, 0.29) is 5.82 Å².